The normalized spacial score (nSPS) is 36.9. The lowest BCUT2D eigenvalue weighted by atomic mass is 9.13. The van der Waals surface area contributed by atoms with E-state index in [1.54, 1.807) is 0 Å². The first-order valence-electron chi connectivity index (χ1n) is 8.55. The molecule has 1 fully saturated rings. The highest BCUT2D eigenvalue weighted by Crippen LogP contribution is 2.91. The molecule has 22 radical (unpaired) electrons. The van der Waals surface area contributed by atoms with Crippen LogP contribution in [-0.2, 0) is 0 Å². The molecule has 0 amide bonds. The maximum atomic E-state index is 6.72. The lowest BCUT2D eigenvalue weighted by Crippen LogP contribution is -2.52. The molecule has 0 saturated heterocycles. The number of hydrogen-bond donors (Lipinski definition) is 0. The molecule has 4 unspecified atom stereocenters. The van der Waals surface area contributed by atoms with Crippen molar-refractivity contribution in [2.45, 2.75) is 77.8 Å². The van der Waals surface area contributed by atoms with Crippen molar-refractivity contribution in [3.05, 3.63) is 0 Å². The lowest BCUT2D eigenvalue weighted by Gasteiger charge is -2.68. The van der Waals surface area contributed by atoms with Crippen LogP contribution in [0.3, 0.4) is 0 Å². The largest absolute Gasteiger partial charge is 0.113 e. The van der Waals surface area contributed by atoms with Crippen molar-refractivity contribution in [1.29, 1.82) is 0 Å². The van der Waals surface area contributed by atoms with Crippen molar-refractivity contribution in [2.24, 2.45) is 5.41 Å². The van der Waals surface area contributed by atoms with Gasteiger partial charge in [0.2, 0.25) is 0 Å². The second-order valence-electron chi connectivity index (χ2n) is 8.08. The van der Waals surface area contributed by atoms with Gasteiger partial charge in [-0.05, 0) is 11.8 Å². The molecule has 0 N–H and O–H groups in total. The molecule has 4 atom stereocenters. The van der Waals surface area contributed by atoms with Crippen LogP contribution in [0.1, 0.15) is 40.0 Å². The Morgan fingerprint density at radius 2 is 1.40 bits per heavy atom. The molecule has 0 aromatic carbocycles. The zero-order valence-corrected chi connectivity index (χ0v) is 15.6. The fourth-order valence-electron chi connectivity index (χ4n) is 4.47. The third kappa shape index (κ3) is 2.55. The maximum Gasteiger partial charge on any atom is 0.0723 e. The molecular formula is C14H17B11. The summed E-state index contributed by atoms with van der Waals surface area (Å²) in [6.45, 7) is 5.82. The van der Waals surface area contributed by atoms with Crippen LogP contribution < -0.4 is 0 Å². The summed E-state index contributed by atoms with van der Waals surface area (Å²) in [5.74, 6) is -1.27. The average Bonchev–Trinajstić information content (AvgIpc) is 2.58. The van der Waals surface area contributed by atoms with E-state index >= 15 is 0 Å². The first kappa shape index (κ1) is 23.8. The Hall–Kier alpha value is 0.714. The van der Waals surface area contributed by atoms with E-state index in [0.29, 0.717) is 12.8 Å². The van der Waals surface area contributed by atoms with Gasteiger partial charge in [-0.1, -0.05) is 55.3 Å². The van der Waals surface area contributed by atoms with E-state index in [-0.39, 0.29) is 0 Å². The minimum absolute atomic E-state index is 0.583. The fraction of sp³-hybridized carbons (Fsp3) is 1.00. The van der Waals surface area contributed by atoms with Crippen molar-refractivity contribution < 1.29 is 0 Å². The van der Waals surface area contributed by atoms with E-state index in [9.17, 15) is 0 Å². The highest BCUT2D eigenvalue weighted by Gasteiger charge is 2.71. The van der Waals surface area contributed by atoms with Gasteiger partial charge in [0.1, 0.15) is 0 Å². The van der Waals surface area contributed by atoms with Crippen molar-refractivity contribution >= 4 is 86.3 Å². The molecule has 0 heterocycles. The van der Waals surface area contributed by atoms with Gasteiger partial charge in [0.05, 0.1) is 86.3 Å². The maximum absolute atomic E-state index is 6.72. The van der Waals surface area contributed by atoms with E-state index in [4.69, 9.17) is 86.3 Å². The standard InChI is InChI=1S/C14H17B11/c1-4-6-9(3,5-2)13(22,23)10(18)7(15)12(20,21)14(24,25)11(10,19)8(16)17/h7-8H,4-6H2,1-3H3. The minimum Gasteiger partial charge on any atom is -0.113 e. The number of rotatable bonds is 6. The summed E-state index contributed by atoms with van der Waals surface area (Å²) in [6.07, 6.45) is 2.02. The third-order valence-corrected chi connectivity index (χ3v) is 6.88. The van der Waals surface area contributed by atoms with Crippen LogP contribution in [0.15, 0.2) is 0 Å². The Labute approximate surface area is 169 Å². The van der Waals surface area contributed by atoms with Gasteiger partial charge in [0, 0.05) is 0 Å². The van der Waals surface area contributed by atoms with Crippen molar-refractivity contribution in [2.75, 3.05) is 0 Å². The predicted molar refractivity (Wildman–Crippen MR) is 118 cm³/mol. The summed E-state index contributed by atoms with van der Waals surface area (Å²) in [7, 11) is 69.6. The van der Waals surface area contributed by atoms with Gasteiger partial charge in [-0.2, -0.15) is 0 Å². The topological polar surface area (TPSA) is 0 Å². The molecule has 1 aliphatic rings. The van der Waals surface area contributed by atoms with Crippen LogP contribution in [0.4, 0.5) is 0 Å². The van der Waals surface area contributed by atoms with Crippen LogP contribution in [0, 0.1) is 5.41 Å². The van der Waals surface area contributed by atoms with Crippen LogP contribution in [0.5, 0.6) is 0 Å². The molecular weight excluding hydrogens is 287 g/mol. The molecule has 1 rings (SSSR count). The summed E-state index contributed by atoms with van der Waals surface area (Å²) < 4.78 is 0. The van der Waals surface area contributed by atoms with Gasteiger partial charge in [-0.25, -0.2) is 0 Å². The molecule has 0 aromatic rings. The zero-order valence-electron chi connectivity index (χ0n) is 15.6. The SMILES string of the molecule is [B]C1C([B])([B])C([B])([B])C([B])(C([B])[B])C1([B])C([B])([B])C(C)(CC)CCC. The molecule has 106 valence electrons. The third-order valence-electron chi connectivity index (χ3n) is 6.88. The Balaban J connectivity index is 3.85. The van der Waals surface area contributed by atoms with E-state index in [0.717, 1.165) is 6.42 Å². The molecule has 0 aliphatic heterocycles. The second-order valence-corrected chi connectivity index (χ2v) is 8.08. The Morgan fingerprint density at radius 1 is 0.960 bits per heavy atom. The molecule has 0 bridgehead atoms. The van der Waals surface area contributed by atoms with Gasteiger partial charge in [-0.3, -0.25) is 0 Å². The Morgan fingerprint density at radius 3 is 1.72 bits per heavy atom. The van der Waals surface area contributed by atoms with E-state index < -0.39 is 43.2 Å². The lowest BCUT2D eigenvalue weighted by molar-refractivity contribution is 0.174. The smallest absolute Gasteiger partial charge is 0.0723 e. The van der Waals surface area contributed by atoms with E-state index in [1.807, 2.05) is 20.8 Å². The molecule has 25 heavy (non-hydrogen) atoms. The van der Waals surface area contributed by atoms with Crippen molar-refractivity contribution in [1.82, 2.24) is 0 Å². The van der Waals surface area contributed by atoms with Crippen LogP contribution in [0.25, 0.3) is 0 Å². The quantitative estimate of drug-likeness (QED) is 0.618. The predicted octanol–water partition coefficient (Wildman–Crippen LogP) is 0.270. The van der Waals surface area contributed by atoms with E-state index in [2.05, 4.69) is 0 Å². The summed E-state index contributed by atoms with van der Waals surface area (Å²) in [6, 6.07) is 0. The first-order chi connectivity index (χ1) is 11.0. The Kier molecular flexibility index (Phi) is 6.32. The zero-order chi connectivity index (χ0) is 20.3. The van der Waals surface area contributed by atoms with Gasteiger partial charge >= 0.3 is 0 Å². The van der Waals surface area contributed by atoms with Crippen molar-refractivity contribution in [3.8, 4) is 0 Å². The number of hydrogen-bond acceptors (Lipinski definition) is 0. The molecule has 1 aliphatic carbocycles. The van der Waals surface area contributed by atoms with Gasteiger partial charge in [-0.15, -0.1) is 16.1 Å². The van der Waals surface area contributed by atoms with Crippen LogP contribution in [-0.4, -0.2) is 86.3 Å². The highest BCUT2D eigenvalue weighted by molar-refractivity contribution is 6.65. The monoisotopic (exact) mass is 306 g/mol. The summed E-state index contributed by atoms with van der Waals surface area (Å²) >= 11 is 0. The molecule has 11 heteroatoms. The molecule has 1 saturated carbocycles. The Bertz CT molecular complexity index is 505. The molecule has 0 nitrogen and oxygen atoms in total. The summed E-state index contributed by atoms with van der Waals surface area (Å²) in [5, 5.41) is -9.44. The molecule has 0 spiro atoms. The minimum atomic E-state index is -2.03. The average molecular weight is 304 g/mol. The van der Waals surface area contributed by atoms with Crippen LogP contribution in [0.2, 0.25) is 37.8 Å². The van der Waals surface area contributed by atoms with Gasteiger partial charge in [0.25, 0.3) is 0 Å². The second kappa shape index (κ2) is 6.65. The molecule has 0 aromatic heterocycles. The summed E-state index contributed by atoms with van der Waals surface area (Å²) in [5.41, 5.74) is -2.02. The van der Waals surface area contributed by atoms with Crippen LogP contribution >= 0.6 is 0 Å². The van der Waals surface area contributed by atoms with Crippen molar-refractivity contribution in [3.63, 3.8) is 0 Å². The van der Waals surface area contributed by atoms with Gasteiger partial charge in [0.15, 0.2) is 0 Å². The first-order valence-corrected chi connectivity index (χ1v) is 8.55. The summed E-state index contributed by atoms with van der Waals surface area (Å²) in [4.78, 5) is 0. The highest BCUT2D eigenvalue weighted by atomic mass is 14.7. The van der Waals surface area contributed by atoms with Gasteiger partial charge < -0.3 is 0 Å². The van der Waals surface area contributed by atoms with E-state index in [1.165, 1.54) is 0 Å². The fourth-order valence-corrected chi connectivity index (χ4v) is 4.47.